The van der Waals surface area contributed by atoms with Gasteiger partial charge in [-0.25, -0.2) is 4.57 Å². The lowest BCUT2D eigenvalue weighted by molar-refractivity contribution is -0.693. The predicted octanol–water partition coefficient (Wildman–Crippen LogP) is 0.00300. The summed E-state index contributed by atoms with van der Waals surface area (Å²) < 4.78 is 16.0. The molecule has 0 bridgehead atoms. The number of rotatable bonds is 5. The van der Waals surface area contributed by atoms with Gasteiger partial charge in [0.25, 0.3) is 0 Å². The highest BCUT2D eigenvalue weighted by atomic mass is 127. The molecular formula is C20H21INO2P. The van der Waals surface area contributed by atoms with E-state index in [9.17, 15) is 9.67 Å². The Labute approximate surface area is 165 Å². The van der Waals surface area contributed by atoms with Crippen molar-refractivity contribution in [2.75, 3.05) is 0 Å². The van der Waals surface area contributed by atoms with Crippen LogP contribution < -0.4 is 39.2 Å². The molecule has 1 N–H and O–H groups in total. The normalized spacial score (nSPS) is 12.2. The molecule has 5 heteroatoms. The molecule has 0 aliphatic carbocycles. The number of halogens is 1. The van der Waals surface area contributed by atoms with Crippen molar-refractivity contribution < 1.29 is 38.2 Å². The van der Waals surface area contributed by atoms with Crippen LogP contribution in [-0.2, 0) is 11.1 Å². The Kier molecular flexibility index (Phi) is 6.94. The third-order valence-electron chi connectivity index (χ3n) is 4.20. The van der Waals surface area contributed by atoms with Crippen LogP contribution in [0.1, 0.15) is 18.3 Å². The second kappa shape index (κ2) is 8.75. The zero-order valence-corrected chi connectivity index (χ0v) is 17.0. The van der Waals surface area contributed by atoms with Gasteiger partial charge in [0.1, 0.15) is 12.4 Å². The standard InChI is InChI=1S/C20H21NO2P.HI/c1-2-21-15-13-17(14-16-21)20(22)24(23,18-9-5-3-6-10-18)19-11-7-4-8-12-19;/h3-16,20,22H,2H2,1H3;1H/q+1;/p-1. The van der Waals surface area contributed by atoms with Gasteiger partial charge in [-0.3, -0.25) is 0 Å². The largest absolute Gasteiger partial charge is 1.00 e. The molecule has 0 fully saturated rings. The third-order valence-corrected chi connectivity index (χ3v) is 7.32. The molecule has 3 rings (SSSR count). The van der Waals surface area contributed by atoms with Crippen molar-refractivity contribution in [1.29, 1.82) is 0 Å². The molecule has 0 aliphatic heterocycles. The second-order valence-corrected chi connectivity index (χ2v) is 8.50. The molecule has 1 aromatic heterocycles. The minimum absolute atomic E-state index is 0. The topological polar surface area (TPSA) is 41.2 Å². The maximum Gasteiger partial charge on any atom is 0.174 e. The van der Waals surface area contributed by atoms with E-state index in [4.69, 9.17) is 0 Å². The molecule has 1 atom stereocenters. The first-order valence-electron chi connectivity index (χ1n) is 8.04. The van der Waals surface area contributed by atoms with E-state index in [1.54, 1.807) is 0 Å². The van der Waals surface area contributed by atoms with Crippen LogP contribution in [0, 0.1) is 0 Å². The Morgan fingerprint density at radius 1 is 0.880 bits per heavy atom. The number of aryl methyl sites for hydroxylation is 1. The number of hydrogen-bond acceptors (Lipinski definition) is 2. The minimum Gasteiger partial charge on any atom is -1.00 e. The van der Waals surface area contributed by atoms with E-state index >= 15 is 0 Å². The van der Waals surface area contributed by atoms with Gasteiger partial charge in [0.2, 0.25) is 0 Å². The SMILES string of the molecule is CC[n+]1ccc(C(O)P(=O)(c2ccccc2)c2ccccc2)cc1.[I-]. The van der Waals surface area contributed by atoms with E-state index in [0.717, 1.165) is 6.54 Å². The molecule has 0 aliphatic rings. The quantitative estimate of drug-likeness (QED) is 0.328. The van der Waals surface area contributed by atoms with Crippen molar-refractivity contribution in [3.63, 3.8) is 0 Å². The number of benzene rings is 2. The molecule has 1 unspecified atom stereocenters. The average Bonchev–Trinajstić information content (AvgIpc) is 2.68. The van der Waals surface area contributed by atoms with E-state index in [0.29, 0.717) is 16.2 Å². The van der Waals surface area contributed by atoms with E-state index in [1.165, 1.54) is 0 Å². The minimum atomic E-state index is -3.21. The highest BCUT2D eigenvalue weighted by Crippen LogP contribution is 2.55. The molecule has 0 saturated heterocycles. The van der Waals surface area contributed by atoms with Crippen LogP contribution in [0.15, 0.2) is 85.2 Å². The molecule has 0 saturated carbocycles. The first kappa shape index (κ1) is 19.8. The van der Waals surface area contributed by atoms with E-state index < -0.39 is 13.0 Å². The summed E-state index contributed by atoms with van der Waals surface area (Å²) >= 11 is 0. The van der Waals surface area contributed by atoms with Gasteiger partial charge in [-0.15, -0.1) is 0 Å². The monoisotopic (exact) mass is 465 g/mol. The molecule has 3 aromatic rings. The van der Waals surface area contributed by atoms with Gasteiger partial charge in [0, 0.05) is 28.3 Å². The molecule has 0 radical (unpaired) electrons. The van der Waals surface area contributed by atoms with Crippen molar-refractivity contribution in [2.45, 2.75) is 19.3 Å². The van der Waals surface area contributed by atoms with Crippen molar-refractivity contribution in [2.24, 2.45) is 0 Å². The fourth-order valence-corrected chi connectivity index (χ4v) is 5.48. The van der Waals surface area contributed by atoms with Gasteiger partial charge in [-0.05, 0) is 6.92 Å². The zero-order valence-electron chi connectivity index (χ0n) is 14.0. The summed E-state index contributed by atoms with van der Waals surface area (Å²) in [5, 5.41) is 12.4. The van der Waals surface area contributed by atoms with Crippen LogP contribution in [0.5, 0.6) is 0 Å². The molecule has 1 heterocycles. The van der Waals surface area contributed by atoms with Gasteiger partial charge < -0.3 is 33.6 Å². The number of nitrogens with zero attached hydrogens (tertiary/aromatic N) is 1. The molecular weight excluding hydrogens is 444 g/mol. The smallest absolute Gasteiger partial charge is 0.174 e. The third kappa shape index (κ3) is 4.02. The van der Waals surface area contributed by atoms with E-state index in [-0.39, 0.29) is 24.0 Å². The summed E-state index contributed by atoms with van der Waals surface area (Å²) in [7, 11) is -3.21. The first-order chi connectivity index (χ1) is 11.7. The van der Waals surface area contributed by atoms with Gasteiger partial charge in [-0.1, -0.05) is 60.7 Å². The zero-order chi connectivity index (χ0) is 17.0. The second-order valence-electron chi connectivity index (χ2n) is 5.66. The Morgan fingerprint density at radius 3 is 1.72 bits per heavy atom. The molecule has 0 amide bonds. The number of pyridine rings is 1. The summed E-state index contributed by atoms with van der Waals surface area (Å²) in [6.07, 6.45) is 3.80. The van der Waals surface area contributed by atoms with Gasteiger partial charge in [0.15, 0.2) is 19.5 Å². The Morgan fingerprint density at radius 2 is 1.32 bits per heavy atom. The lowest BCUT2D eigenvalue weighted by Gasteiger charge is -2.24. The first-order valence-corrected chi connectivity index (χ1v) is 9.82. The Bertz CT molecular complexity index is 795. The Hall–Kier alpha value is -1.49. The number of aliphatic hydroxyl groups excluding tert-OH is 1. The summed E-state index contributed by atoms with van der Waals surface area (Å²) in [6, 6.07) is 22.2. The number of aromatic nitrogens is 1. The maximum absolute atomic E-state index is 14.0. The van der Waals surface area contributed by atoms with Gasteiger partial charge in [0.05, 0.1) is 0 Å². The summed E-state index contributed by atoms with van der Waals surface area (Å²) in [4.78, 5) is 0. The van der Waals surface area contributed by atoms with Crippen molar-refractivity contribution in [3.8, 4) is 0 Å². The van der Waals surface area contributed by atoms with Crippen molar-refractivity contribution in [1.82, 2.24) is 0 Å². The maximum atomic E-state index is 14.0. The van der Waals surface area contributed by atoms with Crippen LogP contribution in [0.3, 0.4) is 0 Å². The number of hydrogen-bond donors (Lipinski definition) is 1. The van der Waals surface area contributed by atoms with Crippen LogP contribution in [-0.4, -0.2) is 5.11 Å². The fraction of sp³-hybridized carbons (Fsp3) is 0.150. The highest BCUT2D eigenvalue weighted by molar-refractivity contribution is 7.78. The van der Waals surface area contributed by atoms with Gasteiger partial charge >= 0.3 is 0 Å². The fourth-order valence-electron chi connectivity index (χ4n) is 2.79. The molecule has 2 aromatic carbocycles. The van der Waals surface area contributed by atoms with Crippen LogP contribution >= 0.6 is 7.14 Å². The lowest BCUT2D eigenvalue weighted by atomic mass is 10.3. The highest BCUT2D eigenvalue weighted by Gasteiger charge is 2.36. The summed E-state index contributed by atoms with van der Waals surface area (Å²) in [6.45, 7) is 2.90. The summed E-state index contributed by atoms with van der Waals surface area (Å²) in [5.74, 6) is -1.08. The molecule has 130 valence electrons. The van der Waals surface area contributed by atoms with E-state index in [1.807, 2.05) is 89.8 Å². The molecule has 3 nitrogen and oxygen atoms in total. The van der Waals surface area contributed by atoms with Crippen molar-refractivity contribution >= 4 is 17.8 Å². The summed E-state index contributed by atoms with van der Waals surface area (Å²) in [5.41, 5.74) is 0.663. The molecule has 0 spiro atoms. The lowest BCUT2D eigenvalue weighted by Crippen LogP contribution is -3.00. The van der Waals surface area contributed by atoms with E-state index in [2.05, 4.69) is 6.92 Å². The Balaban J connectivity index is 0.00000225. The molecule has 25 heavy (non-hydrogen) atoms. The van der Waals surface area contributed by atoms with Gasteiger partial charge in [-0.2, -0.15) is 0 Å². The number of aliphatic hydroxyl groups is 1. The average molecular weight is 465 g/mol. The predicted molar refractivity (Wildman–Crippen MR) is 97.0 cm³/mol. The van der Waals surface area contributed by atoms with Crippen LogP contribution in [0.25, 0.3) is 0 Å². The van der Waals surface area contributed by atoms with Crippen LogP contribution in [0.2, 0.25) is 0 Å². The van der Waals surface area contributed by atoms with Crippen LogP contribution in [0.4, 0.5) is 0 Å². The van der Waals surface area contributed by atoms with Crippen molar-refractivity contribution in [3.05, 3.63) is 90.8 Å².